The van der Waals surface area contributed by atoms with Crippen LogP contribution >= 0.6 is 0 Å². The fraction of sp³-hybridized carbons (Fsp3) is 0.0690. The Balaban J connectivity index is 1.18. The first-order valence-corrected chi connectivity index (χ1v) is 21.0. The lowest BCUT2D eigenvalue weighted by Gasteiger charge is -2.37. The standard InChI is InChI=1S/C58H42N2/c1-57(2)49-26-13-11-25-48(49)56-52(57)29-17-31-54(56)59(42-34-32-40(33-35-42)39-18-5-3-6-19-39)43-36-37-47-46-24-12-16-30-53(46)60(55(47)38-43)58(41-20-7-4-8-21-41)50-27-14-9-22-44(50)45-23-10-15-28-51(45)58/h3-38H,1-2H3. The Labute approximate surface area is 351 Å². The van der Waals surface area contributed by atoms with E-state index in [0.717, 1.165) is 11.4 Å². The van der Waals surface area contributed by atoms with Crippen molar-refractivity contribution in [1.29, 1.82) is 0 Å². The van der Waals surface area contributed by atoms with E-state index in [1.54, 1.807) is 0 Å². The van der Waals surface area contributed by atoms with Crippen molar-refractivity contribution in [3.63, 3.8) is 0 Å². The summed E-state index contributed by atoms with van der Waals surface area (Å²) >= 11 is 0. The van der Waals surface area contributed by atoms with Crippen LogP contribution in [-0.4, -0.2) is 4.57 Å². The number of benzene rings is 9. The van der Waals surface area contributed by atoms with E-state index in [4.69, 9.17) is 0 Å². The maximum absolute atomic E-state index is 2.66. The van der Waals surface area contributed by atoms with Crippen LogP contribution in [0.25, 0.3) is 55.2 Å². The molecular formula is C58H42N2. The third-order valence-electron chi connectivity index (χ3n) is 13.4. The molecule has 0 spiro atoms. The highest BCUT2D eigenvalue weighted by atomic mass is 15.2. The quantitative estimate of drug-likeness (QED) is 0.164. The summed E-state index contributed by atoms with van der Waals surface area (Å²) in [5.41, 5.74) is 19.1. The fourth-order valence-electron chi connectivity index (χ4n) is 10.8. The third kappa shape index (κ3) is 4.76. The van der Waals surface area contributed by atoms with Gasteiger partial charge in [-0.2, -0.15) is 0 Å². The lowest BCUT2D eigenvalue weighted by atomic mass is 9.80. The molecule has 0 saturated carbocycles. The van der Waals surface area contributed by atoms with Crippen LogP contribution in [0.3, 0.4) is 0 Å². The molecule has 1 aromatic heterocycles. The summed E-state index contributed by atoms with van der Waals surface area (Å²) in [6, 6.07) is 81.0. The highest BCUT2D eigenvalue weighted by Crippen LogP contribution is 2.57. The number of nitrogens with zero attached hydrogens (tertiary/aromatic N) is 2. The molecule has 12 rings (SSSR count). The average Bonchev–Trinajstić information content (AvgIpc) is 3.88. The molecule has 1 heterocycles. The third-order valence-corrected chi connectivity index (χ3v) is 13.4. The zero-order valence-electron chi connectivity index (χ0n) is 33.7. The molecule has 2 nitrogen and oxygen atoms in total. The second-order valence-electron chi connectivity index (χ2n) is 16.8. The Morgan fingerprint density at radius 1 is 0.383 bits per heavy atom. The molecule has 0 bridgehead atoms. The Morgan fingerprint density at radius 2 is 0.917 bits per heavy atom. The summed E-state index contributed by atoms with van der Waals surface area (Å²) in [7, 11) is 0. The molecule has 10 aromatic rings. The summed E-state index contributed by atoms with van der Waals surface area (Å²) in [4.78, 5) is 2.50. The monoisotopic (exact) mass is 766 g/mol. The molecule has 2 aliphatic rings. The van der Waals surface area contributed by atoms with Gasteiger partial charge in [0.1, 0.15) is 5.54 Å². The molecule has 284 valence electrons. The smallest absolute Gasteiger partial charge is 0.122 e. The molecule has 2 aliphatic carbocycles. The van der Waals surface area contributed by atoms with Gasteiger partial charge in [-0.15, -0.1) is 0 Å². The van der Waals surface area contributed by atoms with E-state index in [2.05, 4.69) is 242 Å². The topological polar surface area (TPSA) is 8.17 Å². The van der Waals surface area contributed by atoms with Crippen LogP contribution < -0.4 is 4.90 Å². The van der Waals surface area contributed by atoms with Crippen LogP contribution in [0.1, 0.15) is 41.7 Å². The van der Waals surface area contributed by atoms with Crippen LogP contribution in [0.4, 0.5) is 17.1 Å². The van der Waals surface area contributed by atoms with E-state index < -0.39 is 5.54 Å². The number of hydrogen-bond acceptors (Lipinski definition) is 1. The van der Waals surface area contributed by atoms with E-state index in [0.29, 0.717) is 0 Å². The summed E-state index contributed by atoms with van der Waals surface area (Å²) < 4.78 is 2.66. The second kappa shape index (κ2) is 13.0. The first kappa shape index (κ1) is 34.6. The minimum absolute atomic E-state index is 0.132. The van der Waals surface area contributed by atoms with Crippen LogP contribution in [0.15, 0.2) is 218 Å². The van der Waals surface area contributed by atoms with Gasteiger partial charge in [-0.05, 0) is 92.0 Å². The van der Waals surface area contributed by atoms with E-state index in [-0.39, 0.29) is 5.41 Å². The molecular weight excluding hydrogens is 725 g/mol. The molecule has 2 heteroatoms. The normalized spacial score (nSPS) is 14.1. The van der Waals surface area contributed by atoms with Gasteiger partial charge in [0.15, 0.2) is 0 Å². The highest BCUT2D eigenvalue weighted by molar-refractivity contribution is 6.11. The minimum Gasteiger partial charge on any atom is -0.322 e. The zero-order chi connectivity index (χ0) is 40.0. The van der Waals surface area contributed by atoms with Gasteiger partial charge in [-0.1, -0.05) is 196 Å². The van der Waals surface area contributed by atoms with Crippen LogP contribution in [0.5, 0.6) is 0 Å². The van der Waals surface area contributed by atoms with Gasteiger partial charge < -0.3 is 9.47 Å². The van der Waals surface area contributed by atoms with Crippen LogP contribution in [-0.2, 0) is 11.0 Å². The molecule has 0 N–H and O–H groups in total. The van der Waals surface area contributed by atoms with Gasteiger partial charge >= 0.3 is 0 Å². The largest absolute Gasteiger partial charge is 0.322 e. The molecule has 0 atom stereocenters. The van der Waals surface area contributed by atoms with Crippen molar-refractivity contribution in [2.24, 2.45) is 0 Å². The summed E-state index contributed by atoms with van der Waals surface area (Å²) in [6.07, 6.45) is 0. The van der Waals surface area contributed by atoms with Crippen molar-refractivity contribution < 1.29 is 0 Å². The van der Waals surface area contributed by atoms with Gasteiger partial charge in [-0.3, -0.25) is 0 Å². The minimum atomic E-state index is -0.631. The summed E-state index contributed by atoms with van der Waals surface area (Å²) in [5, 5.41) is 2.47. The van der Waals surface area contributed by atoms with Crippen molar-refractivity contribution in [2.45, 2.75) is 24.8 Å². The Bertz CT molecular complexity index is 3230. The zero-order valence-corrected chi connectivity index (χ0v) is 33.7. The highest BCUT2D eigenvalue weighted by Gasteiger charge is 2.47. The number of anilines is 3. The van der Waals surface area contributed by atoms with E-state index in [1.165, 1.54) is 88.7 Å². The first-order valence-electron chi connectivity index (χ1n) is 21.0. The SMILES string of the molecule is CC1(C)c2ccccc2-c2c(N(c3ccc(-c4ccccc4)cc3)c3ccc4c5ccccc5n(C5(c6ccccc6)c6ccccc6-c6ccccc65)c4c3)cccc21. The van der Waals surface area contributed by atoms with Crippen molar-refractivity contribution in [3.05, 3.63) is 246 Å². The van der Waals surface area contributed by atoms with Crippen LogP contribution in [0, 0.1) is 0 Å². The predicted octanol–water partition coefficient (Wildman–Crippen LogP) is 15.1. The molecule has 0 amide bonds. The fourth-order valence-corrected chi connectivity index (χ4v) is 10.8. The first-order chi connectivity index (χ1) is 29.5. The molecule has 0 saturated heterocycles. The van der Waals surface area contributed by atoms with Gasteiger partial charge in [0.05, 0.1) is 16.7 Å². The Hall–Kier alpha value is -7.42. The predicted molar refractivity (Wildman–Crippen MR) is 251 cm³/mol. The molecule has 0 unspecified atom stereocenters. The van der Waals surface area contributed by atoms with E-state index in [9.17, 15) is 0 Å². The Kier molecular flexibility index (Phi) is 7.52. The van der Waals surface area contributed by atoms with Crippen LogP contribution in [0.2, 0.25) is 0 Å². The maximum Gasteiger partial charge on any atom is 0.122 e. The summed E-state index contributed by atoms with van der Waals surface area (Å²) in [6.45, 7) is 4.73. The van der Waals surface area contributed by atoms with Crippen molar-refractivity contribution in [2.75, 3.05) is 4.90 Å². The molecule has 60 heavy (non-hydrogen) atoms. The number of fused-ring (bicyclic) bond motifs is 9. The van der Waals surface area contributed by atoms with Gasteiger partial charge in [0.25, 0.3) is 0 Å². The number of rotatable bonds is 6. The number of aromatic nitrogens is 1. The lowest BCUT2D eigenvalue weighted by Crippen LogP contribution is -2.35. The van der Waals surface area contributed by atoms with Gasteiger partial charge in [0.2, 0.25) is 0 Å². The van der Waals surface area contributed by atoms with E-state index >= 15 is 0 Å². The van der Waals surface area contributed by atoms with E-state index in [1.807, 2.05) is 0 Å². The second-order valence-corrected chi connectivity index (χ2v) is 16.8. The van der Waals surface area contributed by atoms with Crippen molar-refractivity contribution in [3.8, 4) is 33.4 Å². The Morgan fingerprint density at radius 3 is 1.63 bits per heavy atom. The van der Waals surface area contributed by atoms with Gasteiger partial charge in [0, 0.05) is 33.1 Å². The molecule has 0 radical (unpaired) electrons. The molecule has 0 fully saturated rings. The summed E-state index contributed by atoms with van der Waals surface area (Å²) in [5.74, 6) is 0. The van der Waals surface area contributed by atoms with Gasteiger partial charge in [-0.25, -0.2) is 0 Å². The number of hydrogen-bond donors (Lipinski definition) is 0. The van der Waals surface area contributed by atoms with Crippen molar-refractivity contribution in [1.82, 2.24) is 4.57 Å². The molecule has 9 aromatic carbocycles. The average molecular weight is 767 g/mol. The van der Waals surface area contributed by atoms with Crippen molar-refractivity contribution >= 4 is 38.9 Å². The number of para-hydroxylation sites is 1. The maximum atomic E-state index is 2.66. The molecule has 0 aliphatic heterocycles. The lowest BCUT2D eigenvalue weighted by molar-refractivity contribution is 0.564.